The minimum absolute atomic E-state index is 0.0480. The maximum Gasteiger partial charge on any atom is 0.458 e. The molecule has 0 unspecified atom stereocenters. The van der Waals surface area contributed by atoms with Gasteiger partial charge in [0.05, 0.1) is 20.3 Å². The van der Waals surface area contributed by atoms with E-state index >= 15 is 0 Å². The lowest BCUT2D eigenvalue weighted by Gasteiger charge is -2.10. The molecule has 90 valence electrons. The molecule has 1 heterocycles. The first kappa shape index (κ1) is 11.0. The van der Waals surface area contributed by atoms with Crippen LogP contribution in [-0.4, -0.2) is 19.3 Å². The lowest BCUT2D eigenvalue weighted by atomic mass is 10.2. The van der Waals surface area contributed by atoms with Gasteiger partial charge in [-0.3, -0.25) is 5.73 Å². The maximum absolute atomic E-state index is 11.6. The van der Waals surface area contributed by atoms with Gasteiger partial charge in [0.2, 0.25) is 5.10 Å². The fraction of sp³-hybridized carbons (Fsp3) is 0.222. The normalized spacial score (nSPS) is 10.5. The molecule has 0 amide bonds. The summed E-state index contributed by atoms with van der Waals surface area (Å²) in [5, 5.41) is 26.5. The van der Waals surface area contributed by atoms with Gasteiger partial charge >= 0.3 is 11.5 Å². The fourth-order valence-electron chi connectivity index (χ4n) is 1.48. The van der Waals surface area contributed by atoms with Gasteiger partial charge in [0, 0.05) is 10.9 Å². The number of ether oxygens (including phenoxy) is 2. The number of hydrogen-bond acceptors (Lipinski definition) is 6. The van der Waals surface area contributed by atoms with E-state index in [0.717, 1.165) is 0 Å². The first-order chi connectivity index (χ1) is 8.08. The van der Waals surface area contributed by atoms with Crippen LogP contribution in [0.15, 0.2) is 12.1 Å². The molecule has 0 saturated carbocycles. The average Bonchev–Trinajstić information content (AvgIpc) is 2.34. The molecule has 0 aliphatic heterocycles. The summed E-state index contributed by atoms with van der Waals surface area (Å²) in [6.45, 7) is 0. The molecule has 0 aliphatic carbocycles. The molecule has 1 aromatic carbocycles. The van der Waals surface area contributed by atoms with Crippen LogP contribution < -0.4 is 24.8 Å². The van der Waals surface area contributed by atoms with Crippen LogP contribution in [0.3, 0.4) is 0 Å². The molecule has 2 rings (SSSR count). The number of methoxy groups -OCH3 is 2. The number of benzene rings is 1. The number of nitrogens with two attached hydrogens (primary N) is 1. The number of nitrogen functional groups attached to an aromatic ring is 1. The Morgan fingerprint density at radius 2 is 1.65 bits per heavy atom. The Hall–Kier alpha value is -2.51. The largest absolute Gasteiger partial charge is 0.739 e. The standard InChI is InChI=1S/C9H10N4O4/c1-16-7-3-5-6(4-8(7)17-2)13(15)11-9(10)12(5)14/h3-4H,1-2H3,(H2,10,11). The predicted octanol–water partition coefficient (Wildman–Crippen LogP) is -0.899. The molecule has 0 radical (unpaired) electrons. The van der Waals surface area contributed by atoms with Crippen LogP contribution in [-0.2, 0) is 0 Å². The van der Waals surface area contributed by atoms with Gasteiger partial charge in [-0.25, -0.2) is 4.73 Å². The third-order valence-corrected chi connectivity index (χ3v) is 2.31. The molecule has 0 atom stereocenters. The zero-order valence-corrected chi connectivity index (χ0v) is 9.21. The summed E-state index contributed by atoms with van der Waals surface area (Å²) in [7, 11) is 2.85. The number of aromatic nitrogens is 3. The van der Waals surface area contributed by atoms with Crippen LogP contribution in [0.5, 0.6) is 11.5 Å². The van der Waals surface area contributed by atoms with E-state index in [4.69, 9.17) is 15.2 Å². The fourth-order valence-corrected chi connectivity index (χ4v) is 1.48. The Bertz CT molecular complexity index is 587. The van der Waals surface area contributed by atoms with E-state index in [2.05, 4.69) is 5.10 Å². The molecule has 0 bridgehead atoms. The van der Waals surface area contributed by atoms with Gasteiger partial charge < -0.3 is 19.9 Å². The van der Waals surface area contributed by atoms with Crippen molar-refractivity contribution in [1.82, 2.24) is 5.10 Å². The van der Waals surface area contributed by atoms with Gasteiger partial charge in [-0.1, -0.05) is 0 Å². The molecule has 0 aliphatic rings. The molecule has 0 saturated heterocycles. The first-order valence-corrected chi connectivity index (χ1v) is 4.63. The van der Waals surface area contributed by atoms with E-state index in [1.807, 2.05) is 0 Å². The Morgan fingerprint density at radius 3 is 2.18 bits per heavy atom. The summed E-state index contributed by atoms with van der Waals surface area (Å²) in [6.07, 6.45) is 0. The topological polar surface area (TPSA) is 111 Å². The van der Waals surface area contributed by atoms with Crippen molar-refractivity contribution < 1.29 is 19.0 Å². The number of hydrogen-bond donors (Lipinski definition) is 1. The summed E-state index contributed by atoms with van der Waals surface area (Å²) >= 11 is 0. The van der Waals surface area contributed by atoms with Crippen LogP contribution in [0.25, 0.3) is 11.0 Å². The molecule has 8 heteroatoms. The number of fused-ring (bicyclic) bond motifs is 1. The van der Waals surface area contributed by atoms with E-state index in [0.29, 0.717) is 16.2 Å². The van der Waals surface area contributed by atoms with Crippen LogP contribution in [0.1, 0.15) is 0 Å². The molecule has 17 heavy (non-hydrogen) atoms. The van der Waals surface area contributed by atoms with Crippen molar-refractivity contribution in [3.8, 4) is 11.5 Å². The second-order valence-corrected chi connectivity index (χ2v) is 3.22. The minimum atomic E-state index is -0.431. The Labute approximate surface area is 96.0 Å². The van der Waals surface area contributed by atoms with Crippen molar-refractivity contribution in [1.29, 1.82) is 0 Å². The molecule has 0 fully saturated rings. The van der Waals surface area contributed by atoms with Crippen molar-refractivity contribution in [3.63, 3.8) is 0 Å². The van der Waals surface area contributed by atoms with E-state index in [1.165, 1.54) is 26.4 Å². The second kappa shape index (κ2) is 3.81. The van der Waals surface area contributed by atoms with Crippen LogP contribution in [0, 0.1) is 10.4 Å². The summed E-state index contributed by atoms with van der Waals surface area (Å²) in [5.74, 6) is 0.228. The SMILES string of the molecule is COc1cc2c(cc1OC)[n+]([O-])c(N)n[n+]2[O-]. The maximum atomic E-state index is 11.6. The highest BCUT2D eigenvalue weighted by Gasteiger charge is 2.20. The van der Waals surface area contributed by atoms with Crippen molar-refractivity contribution in [3.05, 3.63) is 22.5 Å². The van der Waals surface area contributed by atoms with Gasteiger partial charge in [-0.15, -0.1) is 0 Å². The molecule has 1 aromatic heterocycles. The highest BCUT2D eigenvalue weighted by Crippen LogP contribution is 2.29. The number of nitrogens with zero attached hydrogens (tertiary/aromatic N) is 3. The van der Waals surface area contributed by atoms with Gasteiger partial charge in [-0.05, 0) is 0 Å². The number of rotatable bonds is 2. The van der Waals surface area contributed by atoms with Gasteiger partial charge in [-0.2, -0.15) is 0 Å². The van der Waals surface area contributed by atoms with Crippen LogP contribution in [0.2, 0.25) is 0 Å². The third kappa shape index (κ3) is 1.59. The lowest BCUT2D eigenvalue weighted by molar-refractivity contribution is -0.672. The first-order valence-electron chi connectivity index (χ1n) is 4.63. The molecule has 8 nitrogen and oxygen atoms in total. The second-order valence-electron chi connectivity index (χ2n) is 3.22. The Kier molecular flexibility index (Phi) is 2.47. The van der Waals surface area contributed by atoms with Gasteiger partial charge in [0.15, 0.2) is 17.0 Å². The molecule has 0 spiro atoms. The summed E-state index contributed by atoms with van der Waals surface area (Å²) in [4.78, 5) is 0.265. The summed E-state index contributed by atoms with van der Waals surface area (Å²) in [5.41, 5.74) is 5.40. The van der Waals surface area contributed by atoms with Crippen molar-refractivity contribution in [2.24, 2.45) is 0 Å². The molecular weight excluding hydrogens is 228 g/mol. The molecule has 2 N–H and O–H groups in total. The lowest BCUT2D eigenvalue weighted by Crippen LogP contribution is -2.44. The highest BCUT2D eigenvalue weighted by atomic mass is 16.5. The monoisotopic (exact) mass is 238 g/mol. The zero-order valence-electron chi connectivity index (χ0n) is 9.21. The van der Waals surface area contributed by atoms with Gasteiger partial charge in [0.1, 0.15) is 0 Å². The quantitative estimate of drug-likeness (QED) is 0.536. The van der Waals surface area contributed by atoms with E-state index in [-0.39, 0.29) is 15.9 Å². The smallest absolute Gasteiger partial charge is 0.458 e. The zero-order chi connectivity index (χ0) is 12.6. The van der Waals surface area contributed by atoms with E-state index in [9.17, 15) is 10.4 Å². The Morgan fingerprint density at radius 1 is 1.12 bits per heavy atom. The summed E-state index contributed by atoms with van der Waals surface area (Å²) in [6, 6.07) is 2.73. The van der Waals surface area contributed by atoms with Crippen LogP contribution >= 0.6 is 0 Å². The molecule has 2 aromatic rings. The van der Waals surface area contributed by atoms with Crippen molar-refractivity contribution in [2.75, 3.05) is 20.0 Å². The van der Waals surface area contributed by atoms with Gasteiger partial charge in [0.25, 0.3) is 0 Å². The highest BCUT2D eigenvalue weighted by molar-refractivity contribution is 5.73. The number of anilines is 1. The molecular formula is C9H10N4O4. The Balaban J connectivity index is 2.87. The third-order valence-electron chi connectivity index (χ3n) is 2.31. The van der Waals surface area contributed by atoms with E-state index < -0.39 is 5.95 Å². The summed E-state index contributed by atoms with van der Waals surface area (Å²) < 4.78 is 10.4. The van der Waals surface area contributed by atoms with E-state index in [1.54, 1.807) is 0 Å². The van der Waals surface area contributed by atoms with Crippen molar-refractivity contribution >= 4 is 17.0 Å². The van der Waals surface area contributed by atoms with Crippen LogP contribution in [0.4, 0.5) is 5.95 Å². The average molecular weight is 238 g/mol. The minimum Gasteiger partial charge on any atom is -0.739 e. The predicted molar refractivity (Wildman–Crippen MR) is 57.2 cm³/mol. The van der Waals surface area contributed by atoms with Crippen molar-refractivity contribution in [2.45, 2.75) is 0 Å².